The molecule has 1 amide bonds. The number of benzene rings is 3. The highest BCUT2D eigenvalue weighted by Gasteiger charge is 2.42. The number of hydrogen-bond acceptors (Lipinski definition) is 9. The number of carbonyl (C=O) groups is 5. The Morgan fingerprint density at radius 2 is 1.66 bits per heavy atom. The predicted octanol–water partition coefficient (Wildman–Crippen LogP) is 4.59. The first-order chi connectivity index (χ1) is 22.7. The third kappa shape index (κ3) is 6.50. The van der Waals surface area contributed by atoms with Crippen molar-refractivity contribution >= 4 is 40.6 Å². The van der Waals surface area contributed by atoms with E-state index >= 15 is 0 Å². The zero-order valence-electron chi connectivity index (χ0n) is 26.9. The monoisotopic (exact) mass is 638 g/mol. The number of ketones is 3. The standard InChI is InChI=1S/C37H38N2O8/c1-4-22-14-23(16-26(15-22)38(2)13-7-10-35(43)47-36-30(40)11-12-31(36)41)21-46-34-19-25-18-32(42)29-17-24-8-5-6-9-28(24)39(29)37(44)27(25)20-33(34)45-3/h5-6,8-9,14-16,19-20,29,36H,4,7,10-13,17-18,21H2,1-3H3/t29-/m0/s1. The molecule has 3 aliphatic rings. The molecule has 1 saturated carbocycles. The van der Waals surface area contributed by atoms with E-state index in [1.807, 2.05) is 42.3 Å². The molecule has 0 radical (unpaired) electrons. The van der Waals surface area contributed by atoms with Crippen LogP contribution >= 0.6 is 0 Å². The first-order valence-electron chi connectivity index (χ1n) is 16.0. The molecule has 3 aromatic rings. The number of fused-ring (bicyclic) bond motifs is 4. The summed E-state index contributed by atoms with van der Waals surface area (Å²) in [6.45, 7) is 2.85. The van der Waals surface area contributed by atoms with Crippen molar-refractivity contribution in [1.82, 2.24) is 0 Å². The van der Waals surface area contributed by atoms with E-state index in [1.54, 1.807) is 17.0 Å². The molecule has 0 spiro atoms. The fourth-order valence-corrected chi connectivity index (χ4v) is 6.56. The van der Waals surface area contributed by atoms with Crippen LogP contribution in [-0.4, -0.2) is 62.1 Å². The number of carbonyl (C=O) groups excluding carboxylic acids is 5. The summed E-state index contributed by atoms with van der Waals surface area (Å²) < 4.78 is 17.1. The lowest BCUT2D eigenvalue weighted by molar-refractivity contribution is -0.157. The van der Waals surface area contributed by atoms with Gasteiger partial charge in [-0.15, -0.1) is 0 Å². The van der Waals surface area contributed by atoms with Crippen molar-refractivity contribution in [3.63, 3.8) is 0 Å². The summed E-state index contributed by atoms with van der Waals surface area (Å²) >= 11 is 0. The van der Waals surface area contributed by atoms with Gasteiger partial charge in [-0.2, -0.15) is 0 Å². The highest BCUT2D eigenvalue weighted by molar-refractivity contribution is 6.15. The number of methoxy groups -OCH3 is 1. The first kappa shape index (κ1) is 32.0. The minimum Gasteiger partial charge on any atom is -0.493 e. The van der Waals surface area contributed by atoms with E-state index in [0.29, 0.717) is 42.0 Å². The maximum Gasteiger partial charge on any atom is 0.307 e. The van der Waals surface area contributed by atoms with Crippen LogP contribution in [0.1, 0.15) is 65.2 Å². The van der Waals surface area contributed by atoms with Gasteiger partial charge in [-0.1, -0.05) is 31.2 Å². The van der Waals surface area contributed by atoms with Gasteiger partial charge >= 0.3 is 5.97 Å². The van der Waals surface area contributed by atoms with Crippen molar-refractivity contribution < 1.29 is 38.2 Å². The summed E-state index contributed by atoms with van der Waals surface area (Å²) in [7, 11) is 3.46. The number of para-hydroxylation sites is 1. The van der Waals surface area contributed by atoms with E-state index in [9.17, 15) is 24.0 Å². The summed E-state index contributed by atoms with van der Waals surface area (Å²) in [6.07, 6.45) is 1.04. The quantitative estimate of drug-likeness (QED) is 0.219. The van der Waals surface area contributed by atoms with Gasteiger partial charge in [0.05, 0.1) is 7.11 Å². The van der Waals surface area contributed by atoms with Crippen LogP contribution in [0.5, 0.6) is 11.5 Å². The average molecular weight is 639 g/mol. The van der Waals surface area contributed by atoms with Crippen molar-refractivity contribution in [2.45, 2.75) is 70.6 Å². The molecule has 0 unspecified atom stereocenters. The fraction of sp³-hybridized carbons (Fsp3) is 0.378. The molecule has 10 heteroatoms. The molecule has 244 valence electrons. The van der Waals surface area contributed by atoms with Crippen molar-refractivity contribution in [1.29, 1.82) is 0 Å². The number of Topliss-reactive ketones (excluding diaryl/α,β-unsaturated/α-hetero) is 3. The van der Waals surface area contributed by atoms with Crippen LogP contribution in [0, 0.1) is 0 Å². The number of amides is 1. The van der Waals surface area contributed by atoms with Gasteiger partial charge in [0.1, 0.15) is 12.6 Å². The maximum atomic E-state index is 13.8. The molecule has 3 aromatic carbocycles. The number of esters is 1. The van der Waals surface area contributed by atoms with E-state index in [2.05, 4.69) is 19.1 Å². The average Bonchev–Trinajstić information content (AvgIpc) is 3.59. The maximum absolute atomic E-state index is 13.8. The molecule has 6 rings (SSSR count). The van der Waals surface area contributed by atoms with Gasteiger partial charge in [-0.05, 0) is 65.4 Å². The first-order valence-corrected chi connectivity index (χ1v) is 16.0. The largest absolute Gasteiger partial charge is 0.493 e. The SMILES string of the molecule is CCc1cc(COc2cc3c(cc2OC)C(=O)N2c4ccccc4C[C@H]2C(=O)C3)cc(N(C)CCCC(=O)OC2C(=O)CCC2=O)c1. The third-order valence-electron chi connectivity index (χ3n) is 9.16. The van der Waals surface area contributed by atoms with Crippen LogP contribution in [0.3, 0.4) is 0 Å². The molecule has 10 nitrogen and oxygen atoms in total. The lowest BCUT2D eigenvalue weighted by Crippen LogP contribution is -2.41. The van der Waals surface area contributed by atoms with Crippen LogP contribution in [0.2, 0.25) is 0 Å². The van der Waals surface area contributed by atoms with E-state index in [-0.39, 0.29) is 55.5 Å². The second kappa shape index (κ2) is 13.4. The lowest BCUT2D eigenvalue weighted by Gasteiger charge is -2.22. The van der Waals surface area contributed by atoms with Gasteiger partial charge < -0.3 is 19.1 Å². The fourth-order valence-electron chi connectivity index (χ4n) is 6.56. The Hall–Kier alpha value is -4.99. The number of anilines is 2. The van der Waals surface area contributed by atoms with Crippen molar-refractivity contribution in [2.75, 3.05) is 30.5 Å². The Kier molecular flexibility index (Phi) is 9.11. The molecular formula is C37H38N2O8. The molecule has 1 fully saturated rings. The number of rotatable bonds is 11. The zero-order chi connectivity index (χ0) is 33.2. The minimum absolute atomic E-state index is 0.0125. The second-order valence-corrected chi connectivity index (χ2v) is 12.3. The van der Waals surface area contributed by atoms with E-state index in [0.717, 1.165) is 34.5 Å². The Bertz CT molecular complexity index is 1750. The highest BCUT2D eigenvalue weighted by Crippen LogP contribution is 2.40. The third-order valence-corrected chi connectivity index (χ3v) is 9.16. The molecule has 0 bridgehead atoms. The van der Waals surface area contributed by atoms with Gasteiger partial charge in [0.2, 0.25) is 6.10 Å². The summed E-state index contributed by atoms with van der Waals surface area (Å²) in [5.74, 6) is -0.584. The van der Waals surface area contributed by atoms with Crippen LogP contribution in [-0.2, 0) is 49.8 Å². The molecule has 2 aliphatic heterocycles. The molecule has 0 aromatic heterocycles. The number of ether oxygens (including phenoxy) is 3. The van der Waals surface area contributed by atoms with Crippen molar-refractivity contribution in [2.24, 2.45) is 0 Å². The van der Waals surface area contributed by atoms with Crippen LogP contribution in [0.4, 0.5) is 11.4 Å². The summed E-state index contributed by atoms with van der Waals surface area (Å²) in [6, 6.07) is 16.7. The van der Waals surface area contributed by atoms with E-state index in [1.165, 1.54) is 7.11 Å². The Morgan fingerprint density at radius 1 is 0.915 bits per heavy atom. The van der Waals surface area contributed by atoms with Gasteiger partial charge in [0.25, 0.3) is 5.91 Å². The normalized spacial score (nSPS) is 17.3. The molecular weight excluding hydrogens is 600 g/mol. The second-order valence-electron chi connectivity index (χ2n) is 12.3. The molecule has 1 aliphatic carbocycles. The zero-order valence-corrected chi connectivity index (χ0v) is 26.9. The molecule has 0 N–H and O–H groups in total. The Balaban J connectivity index is 1.14. The highest BCUT2D eigenvalue weighted by atomic mass is 16.6. The molecule has 0 saturated heterocycles. The van der Waals surface area contributed by atoms with Crippen LogP contribution in [0.15, 0.2) is 54.6 Å². The van der Waals surface area contributed by atoms with Crippen molar-refractivity contribution in [3.05, 3.63) is 82.4 Å². The van der Waals surface area contributed by atoms with Gasteiger partial charge in [-0.3, -0.25) is 28.9 Å². The smallest absolute Gasteiger partial charge is 0.307 e. The lowest BCUT2D eigenvalue weighted by atomic mass is 9.98. The summed E-state index contributed by atoms with van der Waals surface area (Å²) in [5, 5.41) is 0. The summed E-state index contributed by atoms with van der Waals surface area (Å²) in [5.41, 5.74) is 5.79. The number of aryl methyl sites for hydroxylation is 1. The van der Waals surface area contributed by atoms with Gasteiger partial charge in [0, 0.05) is 62.6 Å². The number of nitrogens with zero attached hydrogens (tertiary/aromatic N) is 2. The minimum atomic E-state index is -1.24. The van der Waals surface area contributed by atoms with E-state index < -0.39 is 18.1 Å². The number of hydrogen-bond donors (Lipinski definition) is 0. The molecule has 1 atom stereocenters. The van der Waals surface area contributed by atoms with Gasteiger partial charge in [0.15, 0.2) is 28.8 Å². The topological polar surface area (TPSA) is 120 Å². The Labute approximate surface area is 273 Å². The molecule has 47 heavy (non-hydrogen) atoms. The predicted molar refractivity (Wildman–Crippen MR) is 174 cm³/mol. The Morgan fingerprint density at radius 3 is 2.40 bits per heavy atom. The van der Waals surface area contributed by atoms with E-state index in [4.69, 9.17) is 14.2 Å². The summed E-state index contributed by atoms with van der Waals surface area (Å²) in [4.78, 5) is 66.7. The van der Waals surface area contributed by atoms with Gasteiger partial charge in [-0.25, -0.2) is 0 Å². The van der Waals surface area contributed by atoms with Crippen LogP contribution in [0.25, 0.3) is 0 Å². The van der Waals surface area contributed by atoms with Crippen LogP contribution < -0.4 is 19.3 Å². The van der Waals surface area contributed by atoms with Crippen molar-refractivity contribution in [3.8, 4) is 11.5 Å². The molecule has 2 heterocycles.